The van der Waals surface area contributed by atoms with Gasteiger partial charge in [0.2, 0.25) is 0 Å². The summed E-state index contributed by atoms with van der Waals surface area (Å²) in [7, 11) is 1.73. The van der Waals surface area contributed by atoms with Crippen molar-refractivity contribution in [3.05, 3.63) is 18.2 Å². The van der Waals surface area contributed by atoms with E-state index in [0.29, 0.717) is 6.04 Å². The first-order chi connectivity index (χ1) is 8.88. The minimum absolute atomic E-state index is 0.574. The van der Waals surface area contributed by atoms with Crippen molar-refractivity contribution in [1.29, 1.82) is 0 Å². The SMILES string of the molecule is COc1cccc2c1NCC(C1CCCCC1)N2. The molecule has 1 aromatic carbocycles. The number of hydrogen-bond donors (Lipinski definition) is 2. The molecule has 1 aromatic rings. The van der Waals surface area contributed by atoms with Crippen molar-refractivity contribution in [2.24, 2.45) is 5.92 Å². The van der Waals surface area contributed by atoms with Crippen LogP contribution >= 0.6 is 0 Å². The van der Waals surface area contributed by atoms with Gasteiger partial charge in [0.05, 0.1) is 12.8 Å². The van der Waals surface area contributed by atoms with Crippen molar-refractivity contribution in [3.63, 3.8) is 0 Å². The lowest BCUT2D eigenvalue weighted by atomic mass is 9.83. The Morgan fingerprint density at radius 3 is 2.78 bits per heavy atom. The zero-order chi connectivity index (χ0) is 12.4. The second kappa shape index (κ2) is 5.09. The topological polar surface area (TPSA) is 33.3 Å². The Kier molecular flexibility index (Phi) is 3.31. The summed E-state index contributed by atoms with van der Waals surface area (Å²) in [6, 6.07) is 6.77. The Morgan fingerprint density at radius 1 is 1.17 bits per heavy atom. The number of fused-ring (bicyclic) bond motifs is 1. The molecule has 3 heteroatoms. The predicted octanol–water partition coefficient (Wildman–Crippen LogP) is 3.48. The van der Waals surface area contributed by atoms with E-state index in [1.54, 1.807) is 7.11 Å². The third-order valence-electron chi connectivity index (χ3n) is 4.30. The Hall–Kier alpha value is -1.38. The molecule has 1 atom stereocenters. The molecule has 18 heavy (non-hydrogen) atoms. The third kappa shape index (κ3) is 2.14. The summed E-state index contributed by atoms with van der Waals surface area (Å²) in [5, 5.41) is 7.24. The van der Waals surface area contributed by atoms with Gasteiger partial charge in [-0.15, -0.1) is 0 Å². The maximum Gasteiger partial charge on any atom is 0.144 e. The van der Waals surface area contributed by atoms with Gasteiger partial charge in [0.15, 0.2) is 0 Å². The molecule has 0 radical (unpaired) electrons. The fraction of sp³-hybridized carbons (Fsp3) is 0.600. The summed E-state index contributed by atoms with van der Waals surface area (Å²) >= 11 is 0. The van der Waals surface area contributed by atoms with Gasteiger partial charge in [-0.25, -0.2) is 0 Å². The molecule has 1 heterocycles. The summed E-state index contributed by atoms with van der Waals surface area (Å²) in [5.74, 6) is 1.76. The standard InChI is InChI=1S/C15H22N2O/c1-18-14-9-5-8-12-15(14)16-10-13(17-12)11-6-3-2-4-7-11/h5,8-9,11,13,16-17H,2-4,6-7,10H2,1H3. The molecular weight excluding hydrogens is 224 g/mol. The largest absolute Gasteiger partial charge is 0.495 e. The van der Waals surface area contributed by atoms with E-state index in [1.807, 2.05) is 6.07 Å². The second-order valence-electron chi connectivity index (χ2n) is 5.41. The molecule has 0 amide bonds. The number of anilines is 2. The number of rotatable bonds is 2. The zero-order valence-electron chi connectivity index (χ0n) is 11.0. The van der Waals surface area contributed by atoms with E-state index in [0.717, 1.165) is 23.9 Å². The van der Waals surface area contributed by atoms with Gasteiger partial charge < -0.3 is 15.4 Å². The number of hydrogen-bond acceptors (Lipinski definition) is 3. The van der Waals surface area contributed by atoms with E-state index < -0.39 is 0 Å². The molecule has 3 nitrogen and oxygen atoms in total. The molecule has 2 aliphatic rings. The van der Waals surface area contributed by atoms with Crippen molar-refractivity contribution in [2.75, 3.05) is 24.3 Å². The number of benzene rings is 1. The first kappa shape index (κ1) is 11.7. The molecule has 1 unspecified atom stereocenters. The lowest BCUT2D eigenvalue weighted by Gasteiger charge is -2.36. The highest BCUT2D eigenvalue weighted by atomic mass is 16.5. The molecule has 1 aliphatic heterocycles. The molecule has 1 fully saturated rings. The highest BCUT2D eigenvalue weighted by Gasteiger charge is 2.27. The Morgan fingerprint density at radius 2 is 2.00 bits per heavy atom. The predicted molar refractivity (Wildman–Crippen MR) is 75.5 cm³/mol. The molecule has 2 N–H and O–H groups in total. The van der Waals surface area contributed by atoms with Crippen LogP contribution < -0.4 is 15.4 Å². The molecule has 0 aromatic heterocycles. The summed E-state index contributed by atoms with van der Waals surface area (Å²) in [4.78, 5) is 0. The van der Waals surface area contributed by atoms with Gasteiger partial charge in [-0.2, -0.15) is 0 Å². The first-order valence-electron chi connectivity index (χ1n) is 7.06. The van der Waals surface area contributed by atoms with Gasteiger partial charge in [0.1, 0.15) is 11.4 Å². The number of para-hydroxylation sites is 1. The van der Waals surface area contributed by atoms with Gasteiger partial charge >= 0.3 is 0 Å². The minimum Gasteiger partial charge on any atom is -0.495 e. The fourth-order valence-corrected chi connectivity index (χ4v) is 3.29. The maximum atomic E-state index is 5.39. The smallest absolute Gasteiger partial charge is 0.144 e. The number of methoxy groups -OCH3 is 1. The van der Waals surface area contributed by atoms with Crippen LogP contribution in [0.25, 0.3) is 0 Å². The number of nitrogens with one attached hydrogen (secondary N) is 2. The molecule has 3 rings (SSSR count). The number of ether oxygens (including phenoxy) is 1. The van der Waals surface area contributed by atoms with Gasteiger partial charge in [0, 0.05) is 12.6 Å². The van der Waals surface area contributed by atoms with E-state index in [-0.39, 0.29) is 0 Å². The van der Waals surface area contributed by atoms with Gasteiger partial charge in [-0.05, 0) is 30.9 Å². The summed E-state index contributed by atoms with van der Waals surface area (Å²) < 4.78 is 5.39. The van der Waals surface area contributed by atoms with E-state index in [4.69, 9.17) is 4.74 Å². The van der Waals surface area contributed by atoms with Crippen LogP contribution in [0.5, 0.6) is 5.75 Å². The van der Waals surface area contributed by atoms with Crippen LogP contribution in [-0.4, -0.2) is 19.7 Å². The van der Waals surface area contributed by atoms with Crippen molar-refractivity contribution >= 4 is 11.4 Å². The van der Waals surface area contributed by atoms with E-state index in [2.05, 4.69) is 22.8 Å². The van der Waals surface area contributed by atoms with Crippen molar-refractivity contribution < 1.29 is 4.74 Å². The summed E-state index contributed by atoms with van der Waals surface area (Å²) in [6.45, 7) is 1.01. The quantitative estimate of drug-likeness (QED) is 0.838. The van der Waals surface area contributed by atoms with Crippen molar-refractivity contribution in [3.8, 4) is 5.75 Å². The minimum atomic E-state index is 0.574. The molecule has 98 valence electrons. The monoisotopic (exact) mass is 246 g/mol. The lowest BCUT2D eigenvalue weighted by Crippen LogP contribution is -2.40. The summed E-state index contributed by atoms with van der Waals surface area (Å²) in [6.07, 6.45) is 6.96. The third-order valence-corrected chi connectivity index (χ3v) is 4.30. The molecule has 0 spiro atoms. The fourth-order valence-electron chi connectivity index (χ4n) is 3.29. The van der Waals surface area contributed by atoms with Gasteiger partial charge in [-0.3, -0.25) is 0 Å². The molecule has 1 aliphatic carbocycles. The van der Waals surface area contributed by atoms with E-state index in [1.165, 1.54) is 37.8 Å². The van der Waals surface area contributed by atoms with Crippen LogP contribution in [0.2, 0.25) is 0 Å². The van der Waals surface area contributed by atoms with Gasteiger partial charge in [0.25, 0.3) is 0 Å². The molecule has 1 saturated carbocycles. The van der Waals surface area contributed by atoms with E-state index in [9.17, 15) is 0 Å². The average molecular weight is 246 g/mol. The first-order valence-corrected chi connectivity index (χ1v) is 7.06. The zero-order valence-corrected chi connectivity index (χ0v) is 11.0. The van der Waals surface area contributed by atoms with Crippen LogP contribution in [0.15, 0.2) is 18.2 Å². The van der Waals surface area contributed by atoms with Gasteiger partial charge in [-0.1, -0.05) is 25.3 Å². The van der Waals surface area contributed by atoms with Crippen molar-refractivity contribution in [2.45, 2.75) is 38.1 Å². The highest BCUT2D eigenvalue weighted by molar-refractivity contribution is 5.77. The Balaban J connectivity index is 1.76. The summed E-state index contributed by atoms with van der Waals surface area (Å²) in [5.41, 5.74) is 2.31. The Bertz CT molecular complexity index is 413. The second-order valence-corrected chi connectivity index (χ2v) is 5.41. The maximum absolute atomic E-state index is 5.39. The lowest BCUT2D eigenvalue weighted by molar-refractivity contribution is 0.321. The molecule has 0 bridgehead atoms. The van der Waals surface area contributed by atoms with Crippen LogP contribution in [0, 0.1) is 5.92 Å². The molecular formula is C15H22N2O. The normalized spacial score (nSPS) is 23.7. The highest BCUT2D eigenvalue weighted by Crippen LogP contribution is 2.38. The van der Waals surface area contributed by atoms with Crippen molar-refractivity contribution in [1.82, 2.24) is 0 Å². The van der Waals surface area contributed by atoms with Crippen LogP contribution in [0.4, 0.5) is 11.4 Å². The van der Waals surface area contributed by atoms with Crippen LogP contribution in [0.3, 0.4) is 0 Å². The van der Waals surface area contributed by atoms with Crippen LogP contribution in [0.1, 0.15) is 32.1 Å². The van der Waals surface area contributed by atoms with E-state index >= 15 is 0 Å². The Labute approximate surface area is 109 Å². The average Bonchev–Trinajstić information content (AvgIpc) is 2.47. The van der Waals surface area contributed by atoms with Crippen LogP contribution in [-0.2, 0) is 0 Å². The molecule has 0 saturated heterocycles.